The van der Waals surface area contributed by atoms with Crippen molar-refractivity contribution >= 4 is 30.1 Å². The second-order valence-electron chi connectivity index (χ2n) is 5.43. The van der Waals surface area contributed by atoms with Crippen LogP contribution in [0.4, 0.5) is 0 Å². The summed E-state index contributed by atoms with van der Waals surface area (Å²) in [5.74, 6) is 2.30. The molecule has 1 aliphatic heterocycles. The first-order valence-corrected chi connectivity index (χ1v) is 8.72. The van der Waals surface area contributed by atoms with E-state index in [0.29, 0.717) is 5.92 Å². The van der Waals surface area contributed by atoms with Gasteiger partial charge in [0.15, 0.2) is 0 Å². The second kappa shape index (κ2) is 9.28. The van der Waals surface area contributed by atoms with Gasteiger partial charge in [-0.2, -0.15) is 11.8 Å². The summed E-state index contributed by atoms with van der Waals surface area (Å²) in [6, 6.07) is 7.77. The van der Waals surface area contributed by atoms with Crippen LogP contribution >= 0.6 is 24.2 Å². The molecule has 1 aromatic carbocycles. The normalized spacial score (nSPS) is 18.7. The lowest BCUT2D eigenvalue weighted by Crippen LogP contribution is -2.42. The quantitative estimate of drug-likeness (QED) is 0.861. The number of ether oxygens (including phenoxy) is 1. The van der Waals surface area contributed by atoms with Crippen molar-refractivity contribution in [1.82, 2.24) is 4.90 Å². The van der Waals surface area contributed by atoms with Crippen molar-refractivity contribution in [2.75, 3.05) is 32.2 Å². The first-order valence-electron chi connectivity index (χ1n) is 7.33. The number of halogens is 1. The highest BCUT2D eigenvalue weighted by Gasteiger charge is 2.29. The second-order valence-corrected chi connectivity index (χ2v) is 6.42. The average Bonchev–Trinajstić information content (AvgIpc) is 3.01. The summed E-state index contributed by atoms with van der Waals surface area (Å²) in [7, 11) is 1.67. The Labute approximate surface area is 143 Å². The van der Waals surface area contributed by atoms with E-state index in [9.17, 15) is 4.79 Å². The Morgan fingerprint density at radius 2 is 2.14 bits per heavy atom. The van der Waals surface area contributed by atoms with Gasteiger partial charge >= 0.3 is 0 Å². The minimum absolute atomic E-state index is 0. The Morgan fingerprint density at radius 1 is 1.45 bits per heavy atom. The summed E-state index contributed by atoms with van der Waals surface area (Å²) in [4.78, 5) is 14.2. The van der Waals surface area contributed by atoms with Crippen LogP contribution in [0.1, 0.15) is 24.3 Å². The van der Waals surface area contributed by atoms with Crippen LogP contribution in [0.2, 0.25) is 0 Å². The van der Waals surface area contributed by atoms with Crippen molar-refractivity contribution in [2.24, 2.45) is 5.73 Å². The maximum atomic E-state index is 12.3. The molecule has 22 heavy (non-hydrogen) atoms. The van der Waals surface area contributed by atoms with Crippen molar-refractivity contribution in [1.29, 1.82) is 0 Å². The number of amides is 1. The number of thioether (sulfide) groups is 1. The van der Waals surface area contributed by atoms with E-state index in [1.54, 1.807) is 18.9 Å². The number of carbonyl (C=O) groups excluding carboxylic acids is 1. The molecule has 0 saturated carbocycles. The van der Waals surface area contributed by atoms with Gasteiger partial charge in [-0.3, -0.25) is 4.79 Å². The summed E-state index contributed by atoms with van der Waals surface area (Å²) < 4.78 is 5.18. The Bertz CT molecular complexity index is 470. The van der Waals surface area contributed by atoms with E-state index in [1.165, 1.54) is 5.56 Å². The SMILES string of the molecule is COc1ccc(C2CCN(C(=O)[C@@H](N)CCSC)C2)cc1.Cl. The first kappa shape index (κ1) is 19.1. The summed E-state index contributed by atoms with van der Waals surface area (Å²) in [6.07, 6.45) is 3.80. The highest BCUT2D eigenvalue weighted by Crippen LogP contribution is 2.28. The van der Waals surface area contributed by atoms with Gasteiger partial charge < -0.3 is 15.4 Å². The molecule has 1 saturated heterocycles. The predicted molar refractivity (Wildman–Crippen MR) is 95.2 cm³/mol. The van der Waals surface area contributed by atoms with Crippen LogP contribution in [0.25, 0.3) is 0 Å². The third-order valence-corrected chi connectivity index (χ3v) is 4.68. The molecule has 4 nitrogen and oxygen atoms in total. The van der Waals surface area contributed by atoms with Gasteiger partial charge in [0.05, 0.1) is 13.2 Å². The van der Waals surface area contributed by atoms with Crippen LogP contribution in [0.3, 0.4) is 0 Å². The molecule has 124 valence electrons. The number of methoxy groups -OCH3 is 1. The van der Waals surface area contributed by atoms with E-state index in [2.05, 4.69) is 12.1 Å². The van der Waals surface area contributed by atoms with Crippen LogP contribution < -0.4 is 10.5 Å². The lowest BCUT2D eigenvalue weighted by molar-refractivity contribution is -0.131. The molecule has 1 amide bonds. The van der Waals surface area contributed by atoms with Crippen molar-refractivity contribution < 1.29 is 9.53 Å². The summed E-state index contributed by atoms with van der Waals surface area (Å²) in [5.41, 5.74) is 7.25. The molecule has 1 aliphatic rings. The highest BCUT2D eigenvalue weighted by molar-refractivity contribution is 7.98. The molecule has 2 atom stereocenters. The Balaban J connectivity index is 0.00000242. The third kappa shape index (κ3) is 4.80. The molecule has 6 heteroatoms. The van der Waals surface area contributed by atoms with Crippen LogP contribution in [0.15, 0.2) is 24.3 Å². The standard InChI is InChI=1S/C16H24N2O2S.ClH/c1-20-14-5-3-12(4-6-14)13-7-9-18(11-13)16(19)15(17)8-10-21-2;/h3-6,13,15H,7-11,17H2,1-2H3;1H/t13?,15-;/m0./s1. The number of rotatable bonds is 6. The number of likely N-dealkylation sites (tertiary alicyclic amines) is 1. The number of hydrogen-bond donors (Lipinski definition) is 1. The number of benzene rings is 1. The number of nitrogens with two attached hydrogens (primary N) is 1. The van der Waals surface area contributed by atoms with Gasteiger partial charge in [0.25, 0.3) is 0 Å². The number of carbonyl (C=O) groups is 1. The van der Waals surface area contributed by atoms with Gasteiger partial charge in [0.2, 0.25) is 5.91 Å². The van der Waals surface area contributed by atoms with Crippen LogP contribution in [-0.4, -0.2) is 49.1 Å². The van der Waals surface area contributed by atoms with Gasteiger partial charge in [-0.15, -0.1) is 12.4 Å². The van der Waals surface area contributed by atoms with Gasteiger partial charge in [-0.1, -0.05) is 12.1 Å². The molecule has 1 unspecified atom stereocenters. The molecular weight excluding hydrogens is 320 g/mol. The topological polar surface area (TPSA) is 55.6 Å². The Hall–Kier alpha value is -0.910. The maximum absolute atomic E-state index is 12.3. The summed E-state index contributed by atoms with van der Waals surface area (Å²) in [6.45, 7) is 1.58. The van der Waals surface area contributed by atoms with E-state index in [4.69, 9.17) is 10.5 Å². The maximum Gasteiger partial charge on any atom is 0.239 e. The molecule has 0 spiro atoms. The molecule has 0 bridgehead atoms. The predicted octanol–water partition coefficient (Wildman–Crippen LogP) is 2.51. The lowest BCUT2D eigenvalue weighted by atomic mass is 9.98. The average molecular weight is 345 g/mol. The van der Waals surface area contributed by atoms with E-state index < -0.39 is 0 Å². The fourth-order valence-electron chi connectivity index (χ4n) is 2.71. The van der Waals surface area contributed by atoms with Crippen molar-refractivity contribution in [3.05, 3.63) is 29.8 Å². The molecule has 1 fully saturated rings. The van der Waals surface area contributed by atoms with Crippen molar-refractivity contribution in [3.8, 4) is 5.75 Å². The molecule has 1 aromatic rings. The lowest BCUT2D eigenvalue weighted by Gasteiger charge is -2.21. The van der Waals surface area contributed by atoms with E-state index >= 15 is 0 Å². The molecule has 0 aliphatic carbocycles. The van der Waals surface area contributed by atoms with Crippen LogP contribution in [-0.2, 0) is 4.79 Å². The minimum atomic E-state index is -0.355. The zero-order valence-electron chi connectivity index (χ0n) is 13.2. The molecule has 2 N–H and O–H groups in total. The largest absolute Gasteiger partial charge is 0.497 e. The summed E-state index contributed by atoms with van der Waals surface area (Å²) >= 11 is 1.73. The Kier molecular flexibility index (Phi) is 8.07. The zero-order chi connectivity index (χ0) is 15.2. The van der Waals surface area contributed by atoms with Crippen LogP contribution in [0.5, 0.6) is 5.75 Å². The fourth-order valence-corrected chi connectivity index (χ4v) is 3.20. The van der Waals surface area contributed by atoms with Crippen molar-refractivity contribution in [2.45, 2.75) is 24.8 Å². The van der Waals surface area contributed by atoms with Crippen LogP contribution in [0, 0.1) is 0 Å². The van der Waals surface area contributed by atoms with Gasteiger partial charge in [-0.05, 0) is 42.5 Å². The molecule has 1 heterocycles. The number of hydrogen-bond acceptors (Lipinski definition) is 4. The molecular formula is C16H25ClN2O2S. The van der Waals surface area contributed by atoms with Gasteiger partial charge in [0, 0.05) is 19.0 Å². The fraction of sp³-hybridized carbons (Fsp3) is 0.562. The van der Waals surface area contributed by atoms with Gasteiger partial charge in [0.1, 0.15) is 5.75 Å². The monoisotopic (exact) mass is 344 g/mol. The van der Waals surface area contributed by atoms with E-state index in [1.807, 2.05) is 23.3 Å². The molecule has 2 rings (SSSR count). The number of nitrogens with zero attached hydrogens (tertiary/aromatic N) is 1. The molecule has 0 radical (unpaired) electrons. The van der Waals surface area contributed by atoms with E-state index in [-0.39, 0.29) is 24.4 Å². The smallest absolute Gasteiger partial charge is 0.239 e. The highest BCUT2D eigenvalue weighted by atomic mass is 35.5. The minimum Gasteiger partial charge on any atom is -0.497 e. The summed E-state index contributed by atoms with van der Waals surface area (Å²) in [5, 5.41) is 0. The first-order chi connectivity index (χ1) is 10.2. The zero-order valence-corrected chi connectivity index (χ0v) is 14.8. The van der Waals surface area contributed by atoms with Crippen molar-refractivity contribution in [3.63, 3.8) is 0 Å². The van der Waals surface area contributed by atoms with Gasteiger partial charge in [-0.25, -0.2) is 0 Å². The molecule has 0 aromatic heterocycles. The van der Waals surface area contributed by atoms with E-state index in [0.717, 1.165) is 37.4 Å². The Morgan fingerprint density at radius 3 is 2.73 bits per heavy atom. The third-order valence-electron chi connectivity index (χ3n) is 4.04.